The van der Waals surface area contributed by atoms with Crippen molar-refractivity contribution in [2.75, 3.05) is 0 Å². The fraction of sp³-hybridized carbons (Fsp3) is 0.750. The predicted octanol–water partition coefficient (Wildman–Crippen LogP) is 3.28. The normalized spacial score (nSPS) is 6.00. The Bertz CT molecular complexity index is 17.2. The van der Waals surface area contributed by atoms with Gasteiger partial charge >= 0.3 is 23.1 Å². The molecule has 0 amide bonds. The van der Waals surface area contributed by atoms with E-state index in [1.807, 2.05) is 0 Å². The van der Waals surface area contributed by atoms with E-state index >= 15 is 0 Å². The zero-order valence-electron chi connectivity index (χ0n) is 7.36. The molecule has 0 aromatic rings. The van der Waals surface area contributed by atoms with Crippen LogP contribution in [0, 0.1) is 13.8 Å². The van der Waals surface area contributed by atoms with Crippen LogP contribution in [-0.2, 0) is 0 Å². The second-order valence-electron chi connectivity index (χ2n) is 1.71. The summed E-state index contributed by atoms with van der Waals surface area (Å²) in [6, 6.07) is 0. The second kappa shape index (κ2) is 32.3. The maximum absolute atomic E-state index is 3.60. The standard InChI is InChI=1S/2C4H9.ClH.Mg/c2*1-3-4-2;;/h2*1,3-4H2,2H3;1H;/q2*-1;;+2. The summed E-state index contributed by atoms with van der Waals surface area (Å²) in [6.45, 7) is 11.4. The van der Waals surface area contributed by atoms with Gasteiger partial charge in [0.2, 0.25) is 0 Å². The van der Waals surface area contributed by atoms with E-state index < -0.39 is 0 Å². The van der Waals surface area contributed by atoms with Gasteiger partial charge in [0.25, 0.3) is 0 Å². The van der Waals surface area contributed by atoms with Crippen LogP contribution in [0.2, 0.25) is 0 Å². The molecule has 0 saturated carbocycles. The molecule has 0 aromatic carbocycles. The molecule has 10 heavy (non-hydrogen) atoms. The van der Waals surface area contributed by atoms with Gasteiger partial charge in [-0.25, -0.2) is 0 Å². The molecule has 0 fully saturated rings. The monoisotopic (exact) mass is 174 g/mol. The van der Waals surface area contributed by atoms with E-state index in [1.54, 1.807) is 0 Å². The van der Waals surface area contributed by atoms with E-state index in [-0.39, 0.29) is 35.5 Å². The first-order valence-corrected chi connectivity index (χ1v) is 3.41. The minimum atomic E-state index is 0. The third kappa shape index (κ3) is 62.9. The molecule has 0 bridgehead atoms. The van der Waals surface area contributed by atoms with Crippen LogP contribution in [0.4, 0.5) is 0 Å². The zero-order valence-corrected chi connectivity index (χ0v) is 9.59. The maximum atomic E-state index is 3.60. The van der Waals surface area contributed by atoms with Crippen molar-refractivity contribution in [1.82, 2.24) is 0 Å². The van der Waals surface area contributed by atoms with Crippen molar-refractivity contribution in [1.29, 1.82) is 0 Å². The van der Waals surface area contributed by atoms with Gasteiger partial charge in [0.05, 0.1) is 0 Å². The van der Waals surface area contributed by atoms with Crippen molar-refractivity contribution in [2.45, 2.75) is 39.5 Å². The van der Waals surface area contributed by atoms with Gasteiger partial charge in [-0.05, 0) is 0 Å². The fourth-order valence-corrected chi connectivity index (χ4v) is 0. The van der Waals surface area contributed by atoms with Crippen LogP contribution < -0.4 is 0 Å². The van der Waals surface area contributed by atoms with Gasteiger partial charge in [-0.15, -0.1) is 12.4 Å². The SMILES string of the molecule is Cl.[CH2-]CCC.[CH2-]CCC.[Mg+2]. The van der Waals surface area contributed by atoms with Gasteiger partial charge in [-0.1, -0.05) is 26.7 Å². The molecule has 0 spiro atoms. The summed E-state index contributed by atoms with van der Waals surface area (Å²) < 4.78 is 0. The van der Waals surface area contributed by atoms with Crippen LogP contribution in [0.3, 0.4) is 0 Å². The molecule has 0 N–H and O–H groups in total. The van der Waals surface area contributed by atoms with Crippen LogP contribution in [0.1, 0.15) is 39.5 Å². The Labute approximate surface area is 88.7 Å². The Kier molecular flexibility index (Phi) is 72.4. The van der Waals surface area contributed by atoms with Crippen molar-refractivity contribution in [3.8, 4) is 0 Å². The molecule has 0 heterocycles. The third-order valence-corrected chi connectivity index (χ3v) is 0.707. The van der Waals surface area contributed by atoms with Gasteiger partial charge < -0.3 is 13.8 Å². The van der Waals surface area contributed by atoms with E-state index in [9.17, 15) is 0 Å². The Balaban J connectivity index is -0.0000000300. The molecule has 0 aliphatic rings. The molecule has 0 aliphatic heterocycles. The molecule has 0 unspecified atom stereocenters. The molecule has 0 atom stereocenters. The molecular formula is C8H19ClMg. The molecule has 0 aromatic heterocycles. The summed E-state index contributed by atoms with van der Waals surface area (Å²) in [6.07, 6.45) is 4.56. The van der Waals surface area contributed by atoms with Crippen molar-refractivity contribution in [3.63, 3.8) is 0 Å². The maximum Gasteiger partial charge on any atom is 2.00 e. The first-order chi connectivity index (χ1) is 3.83. The van der Waals surface area contributed by atoms with Crippen molar-refractivity contribution < 1.29 is 0 Å². The van der Waals surface area contributed by atoms with Gasteiger partial charge in [-0.3, -0.25) is 0 Å². The largest absolute Gasteiger partial charge is 2.00 e. The topological polar surface area (TPSA) is 0 Å². The Morgan fingerprint density at radius 2 is 1.00 bits per heavy atom. The minimum absolute atomic E-state index is 0. The number of halogens is 1. The van der Waals surface area contributed by atoms with Gasteiger partial charge in [0.15, 0.2) is 0 Å². The molecule has 0 saturated heterocycles. The van der Waals surface area contributed by atoms with E-state index in [4.69, 9.17) is 0 Å². The average molecular weight is 175 g/mol. The van der Waals surface area contributed by atoms with Gasteiger partial charge in [-0.2, -0.15) is 12.8 Å². The Morgan fingerprint density at radius 3 is 1.00 bits per heavy atom. The Hall–Kier alpha value is 1.06. The van der Waals surface area contributed by atoms with Crippen LogP contribution in [0.5, 0.6) is 0 Å². The summed E-state index contributed by atoms with van der Waals surface area (Å²) in [5.41, 5.74) is 0. The van der Waals surface area contributed by atoms with E-state index in [2.05, 4.69) is 27.7 Å². The molecule has 2 heteroatoms. The third-order valence-electron chi connectivity index (χ3n) is 0.707. The number of hydrogen-bond acceptors (Lipinski definition) is 0. The quantitative estimate of drug-likeness (QED) is 0.446. The molecular weight excluding hydrogens is 156 g/mol. The average Bonchev–Trinajstić information content (AvgIpc) is 1.88. The summed E-state index contributed by atoms with van der Waals surface area (Å²) in [5.74, 6) is 0. The summed E-state index contributed by atoms with van der Waals surface area (Å²) >= 11 is 0. The number of rotatable bonds is 2. The molecule has 0 nitrogen and oxygen atoms in total. The van der Waals surface area contributed by atoms with E-state index in [0.29, 0.717) is 0 Å². The van der Waals surface area contributed by atoms with E-state index in [1.165, 1.54) is 12.8 Å². The van der Waals surface area contributed by atoms with Crippen molar-refractivity contribution in [2.24, 2.45) is 0 Å². The van der Waals surface area contributed by atoms with Gasteiger partial charge in [0.1, 0.15) is 0 Å². The van der Waals surface area contributed by atoms with Gasteiger partial charge in [0, 0.05) is 0 Å². The van der Waals surface area contributed by atoms with Crippen LogP contribution in [0.15, 0.2) is 0 Å². The molecule has 0 radical (unpaired) electrons. The smallest absolute Gasteiger partial charge is 0.343 e. The van der Waals surface area contributed by atoms with Crippen LogP contribution in [0.25, 0.3) is 0 Å². The number of unbranched alkanes of at least 4 members (excludes halogenated alkanes) is 2. The van der Waals surface area contributed by atoms with Crippen molar-refractivity contribution in [3.05, 3.63) is 13.8 Å². The first-order valence-electron chi connectivity index (χ1n) is 3.41. The fourth-order valence-electron chi connectivity index (χ4n) is 0. The molecule has 60 valence electrons. The van der Waals surface area contributed by atoms with Crippen molar-refractivity contribution >= 4 is 35.5 Å². The zero-order chi connectivity index (χ0) is 6.83. The van der Waals surface area contributed by atoms with Crippen LogP contribution in [-0.4, -0.2) is 23.1 Å². The second-order valence-corrected chi connectivity index (χ2v) is 1.71. The minimum Gasteiger partial charge on any atom is -0.343 e. The molecule has 0 rings (SSSR count). The number of hydrogen-bond donors (Lipinski definition) is 0. The summed E-state index contributed by atoms with van der Waals surface area (Å²) in [4.78, 5) is 0. The van der Waals surface area contributed by atoms with E-state index in [0.717, 1.165) is 12.8 Å². The first kappa shape index (κ1) is 22.5. The Morgan fingerprint density at radius 1 is 0.900 bits per heavy atom. The van der Waals surface area contributed by atoms with Crippen LogP contribution >= 0.6 is 12.4 Å². The predicted molar refractivity (Wildman–Crippen MR) is 53.5 cm³/mol. The summed E-state index contributed by atoms with van der Waals surface area (Å²) in [7, 11) is 0. The summed E-state index contributed by atoms with van der Waals surface area (Å²) in [5, 5.41) is 0. The molecule has 0 aliphatic carbocycles.